The maximum absolute atomic E-state index is 13.0. The smallest absolute Gasteiger partial charge is 0.252 e. The number of Topliss-reactive ketones (excluding diaryl/α,β-unsaturated/α-hetero) is 1. The molecule has 138 valence electrons. The fourth-order valence-corrected chi connectivity index (χ4v) is 3.17. The molecule has 0 aliphatic heterocycles. The van der Waals surface area contributed by atoms with Crippen LogP contribution < -0.4 is 5.32 Å². The van der Waals surface area contributed by atoms with Crippen LogP contribution in [-0.4, -0.2) is 32.5 Å². The summed E-state index contributed by atoms with van der Waals surface area (Å²) in [5.41, 5.74) is 1.06. The molecule has 6 heteroatoms. The third-order valence-corrected chi connectivity index (χ3v) is 4.55. The van der Waals surface area contributed by atoms with Gasteiger partial charge < -0.3 is 5.32 Å². The molecule has 0 fully saturated rings. The van der Waals surface area contributed by atoms with Crippen LogP contribution in [0.1, 0.15) is 20.7 Å². The Morgan fingerprint density at radius 2 is 1.68 bits per heavy atom. The van der Waals surface area contributed by atoms with Crippen LogP contribution in [-0.2, 0) is 6.54 Å². The van der Waals surface area contributed by atoms with E-state index in [1.807, 2.05) is 42.5 Å². The molecule has 0 aliphatic carbocycles. The van der Waals surface area contributed by atoms with Crippen molar-refractivity contribution in [2.75, 3.05) is 0 Å². The maximum Gasteiger partial charge on any atom is 0.252 e. The van der Waals surface area contributed by atoms with E-state index in [9.17, 15) is 9.59 Å². The van der Waals surface area contributed by atoms with E-state index in [1.165, 1.54) is 17.3 Å². The molecule has 0 bridgehead atoms. The van der Waals surface area contributed by atoms with Gasteiger partial charge >= 0.3 is 0 Å². The molecule has 4 rings (SSSR count). The van der Waals surface area contributed by atoms with Crippen molar-refractivity contribution in [1.29, 1.82) is 0 Å². The van der Waals surface area contributed by atoms with E-state index in [4.69, 9.17) is 0 Å². The summed E-state index contributed by atoms with van der Waals surface area (Å²) in [6, 6.07) is 21.4. The molecular weight excluding hydrogens is 352 g/mol. The number of ketones is 1. The maximum atomic E-state index is 13.0. The quantitative estimate of drug-likeness (QED) is 0.529. The van der Waals surface area contributed by atoms with Crippen LogP contribution in [0.5, 0.6) is 0 Å². The number of rotatable bonds is 6. The summed E-state index contributed by atoms with van der Waals surface area (Å²) < 4.78 is 1.54. The minimum atomic E-state index is -0.768. The van der Waals surface area contributed by atoms with E-state index in [0.29, 0.717) is 11.1 Å². The number of aromatic nitrogens is 3. The number of benzene rings is 3. The molecule has 0 radical (unpaired) electrons. The number of amides is 1. The van der Waals surface area contributed by atoms with E-state index in [2.05, 4.69) is 15.4 Å². The van der Waals surface area contributed by atoms with E-state index in [0.717, 1.165) is 10.8 Å². The van der Waals surface area contributed by atoms with Gasteiger partial charge in [-0.2, -0.15) is 5.10 Å². The summed E-state index contributed by atoms with van der Waals surface area (Å²) >= 11 is 0. The highest BCUT2D eigenvalue weighted by Gasteiger charge is 2.24. The lowest BCUT2D eigenvalue weighted by atomic mass is 10.0. The summed E-state index contributed by atoms with van der Waals surface area (Å²) in [7, 11) is 0. The lowest BCUT2D eigenvalue weighted by Gasteiger charge is -2.18. The molecule has 0 spiro atoms. The number of carbonyl (C=O) groups excluding carboxylic acids is 2. The monoisotopic (exact) mass is 370 g/mol. The molecule has 1 atom stereocenters. The largest absolute Gasteiger partial charge is 0.340 e. The van der Waals surface area contributed by atoms with Gasteiger partial charge in [0.2, 0.25) is 0 Å². The van der Waals surface area contributed by atoms with Crippen molar-refractivity contribution in [1.82, 2.24) is 20.1 Å². The van der Waals surface area contributed by atoms with Crippen LogP contribution in [0.2, 0.25) is 0 Å². The summed E-state index contributed by atoms with van der Waals surface area (Å²) in [5, 5.41) is 8.76. The molecular formula is C22H18N4O2. The number of hydrogen-bond donors (Lipinski definition) is 1. The van der Waals surface area contributed by atoms with E-state index in [-0.39, 0.29) is 18.2 Å². The predicted molar refractivity (Wildman–Crippen MR) is 106 cm³/mol. The first-order chi connectivity index (χ1) is 13.7. The second-order valence-electron chi connectivity index (χ2n) is 6.40. The van der Waals surface area contributed by atoms with Gasteiger partial charge in [0.25, 0.3) is 5.91 Å². The summed E-state index contributed by atoms with van der Waals surface area (Å²) in [5.74, 6) is -0.476. The predicted octanol–water partition coefficient (Wildman–Crippen LogP) is 3.11. The molecule has 6 nitrogen and oxygen atoms in total. The molecule has 28 heavy (non-hydrogen) atoms. The van der Waals surface area contributed by atoms with Crippen molar-refractivity contribution < 1.29 is 9.59 Å². The fraction of sp³-hybridized carbons (Fsp3) is 0.0909. The minimum absolute atomic E-state index is 0.176. The summed E-state index contributed by atoms with van der Waals surface area (Å²) in [4.78, 5) is 30.0. The van der Waals surface area contributed by atoms with Gasteiger partial charge in [-0.05, 0) is 16.8 Å². The Kier molecular flexibility index (Phi) is 4.93. The van der Waals surface area contributed by atoms with Gasteiger partial charge in [0, 0.05) is 11.1 Å². The number of nitrogens with one attached hydrogen (secondary N) is 1. The molecule has 1 heterocycles. The highest BCUT2D eigenvalue weighted by molar-refractivity contribution is 6.09. The van der Waals surface area contributed by atoms with Gasteiger partial charge in [-0.25, -0.2) is 4.98 Å². The molecule has 3 aromatic carbocycles. The minimum Gasteiger partial charge on any atom is -0.340 e. The lowest BCUT2D eigenvalue weighted by Crippen LogP contribution is -2.44. The standard InChI is InChI=1S/C22H18N4O2/c27-21(17-8-2-1-3-9-17)20(13-26-15-23-14-24-26)25-22(28)19-12-6-10-16-7-4-5-11-18(16)19/h1-12,14-15,20H,13H2,(H,25,28). The van der Waals surface area contributed by atoms with E-state index < -0.39 is 6.04 Å². The lowest BCUT2D eigenvalue weighted by molar-refractivity contribution is 0.0846. The highest BCUT2D eigenvalue weighted by atomic mass is 16.2. The Morgan fingerprint density at radius 1 is 0.929 bits per heavy atom. The second kappa shape index (κ2) is 7.84. The molecule has 0 saturated heterocycles. The molecule has 1 unspecified atom stereocenters. The van der Waals surface area contributed by atoms with Crippen LogP contribution >= 0.6 is 0 Å². The van der Waals surface area contributed by atoms with Gasteiger partial charge in [0.15, 0.2) is 5.78 Å². The molecule has 4 aromatic rings. The average Bonchev–Trinajstić information content (AvgIpc) is 3.26. The van der Waals surface area contributed by atoms with Crippen molar-refractivity contribution >= 4 is 22.5 Å². The first-order valence-corrected chi connectivity index (χ1v) is 8.92. The Labute approximate surface area is 161 Å². The molecule has 1 aromatic heterocycles. The van der Waals surface area contributed by atoms with Crippen LogP contribution in [0.4, 0.5) is 0 Å². The summed E-state index contributed by atoms with van der Waals surface area (Å²) in [6.45, 7) is 0.199. The Hall–Kier alpha value is -3.80. The SMILES string of the molecule is O=C(NC(Cn1cncn1)C(=O)c1ccccc1)c1cccc2ccccc12. The zero-order valence-corrected chi connectivity index (χ0v) is 15.0. The van der Waals surface area contributed by atoms with Crippen LogP contribution in [0.25, 0.3) is 10.8 Å². The van der Waals surface area contributed by atoms with E-state index >= 15 is 0 Å². The summed E-state index contributed by atoms with van der Waals surface area (Å²) in [6.07, 6.45) is 2.92. The number of carbonyl (C=O) groups is 2. The normalized spacial score (nSPS) is 11.9. The van der Waals surface area contributed by atoms with Crippen molar-refractivity contribution in [2.45, 2.75) is 12.6 Å². The Morgan fingerprint density at radius 3 is 2.46 bits per heavy atom. The van der Waals surface area contributed by atoms with Crippen LogP contribution in [0.3, 0.4) is 0 Å². The molecule has 1 N–H and O–H groups in total. The van der Waals surface area contributed by atoms with E-state index in [1.54, 1.807) is 30.3 Å². The molecule has 1 amide bonds. The van der Waals surface area contributed by atoms with Crippen molar-refractivity contribution in [3.05, 3.63) is 96.6 Å². The van der Waals surface area contributed by atoms with Gasteiger partial charge in [-0.15, -0.1) is 0 Å². The molecule has 0 aliphatic rings. The zero-order chi connectivity index (χ0) is 19.3. The van der Waals surface area contributed by atoms with Crippen molar-refractivity contribution in [2.24, 2.45) is 0 Å². The fourth-order valence-electron chi connectivity index (χ4n) is 3.17. The van der Waals surface area contributed by atoms with Crippen molar-refractivity contribution in [3.63, 3.8) is 0 Å². The number of nitrogens with zero attached hydrogens (tertiary/aromatic N) is 3. The van der Waals surface area contributed by atoms with Crippen molar-refractivity contribution in [3.8, 4) is 0 Å². The first-order valence-electron chi connectivity index (χ1n) is 8.92. The van der Waals surface area contributed by atoms with Gasteiger partial charge in [-0.1, -0.05) is 66.7 Å². The Balaban J connectivity index is 1.64. The number of hydrogen-bond acceptors (Lipinski definition) is 4. The van der Waals surface area contributed by atoms with Gasteiger partial charge in [0.1, 0.15) is 18.7 Å². The van der Waals surface area contributed by atoms with Gasteiger partial charge in [0.05, 0.1) is 6.54 Å². The number of fused-ring (bicyclic) bond motifs is 1. The van der Waals surface area contributed by atoms with Gasteiger partial charge in [-0.3, -0.25) is 14.3 Å². The Bertz CT molecular complexity index is 1100. The van der Waals surface area contributed by atoms with Crippen LogP contribution in [0, 0.1) is 0 Å². The zero-order valence-electron chi connectivity index (χ0n) is 15.0. The first kappa shape index (κ1) is 17.6. The second-order valence-corrected chi connectivity index (χ2v) is 6.40. The van der Waals surface area contributed by atoms with Crippen LogP contribution in [0.15, 0.2) is 85.5 Å². The average molecular weight is 370 g/mol. The molecule has 0 saturated carbocycles. The highest BCUT2D eigenvalue weighted by Crippen LogP contribution is 2.19. The third kappa shape index (κ3) is 3.66. The topological polar surface area (TPSA) is 76.9 Å². The third-order valence-electron chi connectivity index (χ3n) is 4.55.